The largest absolute Gasteiger partial charge is 0.471 e. The lowest BCUT2D eigenvalue weighted by molar-refractivity contribution is 0.0135. The third kappa shape index (κ3) is 4.81. The summed E-state index contributed by atoms with van der Waals surface area (Å²) in [7, 11) is 0. The van der Waals surface area contributed by atoms with Gasteiger partial charge in [-0.3, -0.25) is 4.79 Å². The summed E-state index contributed by atoms with van der Waals surface area (Å²) in [5.74, 6) is -2.73. The summed E-state index contributed by atoms with van der Waals surface area (Å²) in [5.41, 5.74) is 0.0604. The highest BCUT2D eigenvalue weighted by molar-refractivity contribution is 6.32. The van der Waals surface area contributed by atoms with E-state index in [1.807, 2.05) is 0 Å². The first-order valence-corrected chi connectivity index (χ1v) is 11.7. The van der Waals surface area contributed by atoms with Gasteiger partial charge in [-0.05, 0) is 31.0 Å². The molecule has 4 N–H and O–H groups in total. The summed E-state index contributed by atoms with van der Waals surface area (Å²) < 4.78 is 46.1. The Morgan fingerprint density at radius 2 is 2.03 bits per heavy atom. The maximum absolute atomic E-state index is 14.5. The van der Waals surface area contributed by atoms with Crippen LogP contribution in [0.15, 0.2) is 18.2 Å². The maximum Gasteiger partial charge on any atom is 0.296 e. The number of pyridine rings is 1. The van der Waals surface area contributed by atoms with Gasteiger partial charge >= 0.3 is 0 Å². The highest BCUT2D eigenvalue weighted by Gasteiger charge is 2.47. The fourth-order valence-corrected chi connectivity index (χ4v) is 4.73. The van der Waals surface area contributed by atoms with Crippen LogP contribution < -0.4 is 14.8 Å². The number of amides is 1. The fraction of sp³-hybridized carbons (Fsp3) is 0.435. The molecule has 36 heavy (non-hydrogen) atoms. The second-order valence-electron chi connectivity index (χ2n) is 8.64. The third-order valence-corrected chi connectivity index (χ3v) is 6.59. The van der Waals surface area contributed by atoms with Gasteiger partial charge < -0.3 is 34.7 Å². The predicted molar refractivity (Wildman–Crippen MR) is 122 cm³/mol. The van der Waals surface area contributed by atoms with Crippen molar-refractivity contribution in [1.82, 2.24) is 20.3 Å². The molecular formula is C23H23ClF2N4O6. The second kappa shape index (κ2) is 10.1. The van der Waals surface area contributed by atoms with Gasteiger partial charge in [-0.2, -0.15) is 9.97 Å². The molecule has 1 saturated heterocycles. The minimum absolute atomic E-state index is 0.0386. The summed E-state index contributed by atoms with van der Waals surface area (Å²) in [6.07, 6.45) is 0.540. The van der Waals surface area contributed by atoms with Gasteiger partial charge in [0.25, 0.3) is 11.9 Å². The van der Waals surface area contributed by atoms with Crippen LogP contribution in [0.2, 0.25) is 5.02 Å². The van der Waals surface area contributed by atoms with Crippen molar-refractivity contribution in [2.75, 3.05) is 19.8 Å². The van der Waals surface area contributed by atoms with Crippen molar-refractivity contribution in [1.29, 1.82) is 0 Å². The molecule has 0 radical (unpaired) electrons. The number of halogens is 3. The van der Waals surface area contributed by atoms with E-state index in [0.717, 1.165) is 18.6 Å². The van der Waals surface area contributed by atoms with Crippen molar-refractivity contribution in [2.24, 2.45) is 5.92 Å². The average Bonchev–Trinajstić information content (AvgIpc) is 3.53. The molecule has 1 aliphatic carbocycles. The van der Waals surface area contributed by atoms with Gasteiger partial charge in [-0.25, -0.2) is 8.78 Å². The molecule has 2 aliphatic rings. The first-order valence-electron chi connectivity index (χ1n) is 11.4. The maximum atomic E-state index is 14.5. The van der Waals surface area contributed by atoms with E-state index >= 15 is 0 Å². The monoisotopic (exact) mass is 524 g/mol. The molecule has 10 nitrogen and oxygen atoms in total. The summed E-state index contributed by atoms with van der Waals surface area (Å²) in [6, 6.07) is 3.47. The molecule has 1 unspecified atom stereocenters. The lowest BCUT2D eigenvalue weighted by Gasteiger charge is -2.17. The standard InChI is InChI=1S/C23H23ClF2N4O6/c24-13-7-16-20(30-23(28-16)36-18-2-1-11-17(32)9-34-19(11)18)29-22(13)35-8-12-14(25)5-10(6-15(12)26)21(33)27-3-4-31/h5-7,11,17-19,31-32H,1-4,8-9H2,(H,27,33)(H,28,29,30)/t11?,17-,18-,19+/m1/s1. The Balaban J connectivity index is 1.28. The van der Waals surface area contributed by atoms with Crippen LogP contribution in [0.4, 0.5) is 8.78 Å². The Labute approximate surface area is 208 Å². The SMILES string of the molecule is O=C(NCCO)c1cc(F)c(COc2nc3nc(O[C@@H]4CCC5[C@H](O)CO[C@@H]54)[nH]c3cc2Cl)c(F)c1. The zero-order valence-electron chi connectivity index (χ0n) is 18.8. The van der Waals surface area contributed by atoms with Crippen LogP contribution in [0.1, 0.15) is 28.8 Å². The molecule has 1 amide bonds. The van der Waals surface area contributed by atoms with E-state index in [1.165, 1.54) is 6.07 Å². The Hall–Kier alpha value is -3.06. The van der Waals surface area contributed by atoms with E-state index in [4.69, 9.17) is 30.9 Å². The number of rotatable bonds is 8. The van der Waals surface area contributed by atoms with Gasteiger partial charge in [0.15, 0.2) is 5.65 Å². The fourth-order valence-electron chi connectivity index (χ4n) is 4.53. The molecule has 2 fully saturated rings. The molecule has 1 aliphatic heterocycles. The number of aromatic amines is 1. The van der Waals surface area contributed by atoms with Gasteiger partial charge in [-0.15, -0.1) is 0 Å². The molecule has 4 atom stereocenters. The van der Waals surface area contributed by atoms with Gasteiger partial charge in [0, 0.05) is 18.0 Å². The van der Waals surface area contributed by atoms with E-state index in [0.29, 0.717) is 11.9 Å². The number of fused-ring (bicyclic) bond motifs is 2. The van der Waals surface area contributed by atoms with Gasteiger partial charge in [0.05, 0.1) is 36.5 Å². The van der Waals surface area contributed by atoms with E-state index in [9.17, 15) is 18.7 Å². The number of nitrogens with zero attached hydrogens (tertiary/aromatic N) is 2. The minimum atomic E-state index is -0.981. The summed E-state index contributed by atoms with van der Waals surface area (Å²) in [6.45, 7) is -0.594. The van der Waals surface area contributed by atoms with Crippen molar-refractivity contribution in [3.05, 3.63) is 46.0 Å². The molecule has 192 valence electrons. The van der Waals surface area contributed by atoms with E-state index < -0.39 is 35.8 Å². The van der Waals surface area contributed by atoms with Crippen LogP contribution in [0.5, 0.6) is 11.9 Å². The first-order chi connectivity index (χ1) is 17.3. The number of imidazole rings is 1. The number of ether oxygens (including phenoxy) is 3. The normalized spacial score (nSPS) is 23.1. The van der Waals surface area contributed by atoms with Crippen molar-refractivity contribution in [3.63, 3.8) is 0 Å². The Kier molecular flexibility index (Phi) is 6.93. The summed E-state index contributed by atoms with van der Waals surface area (Å²) >= 11 is 6.25. The second-order valence-corrected chi connectivity index (χ2v) is 9.05. The van der Waals surface area contributed by atoms with Crippen molar-refractivity contribution in [2.45, 2.75) is 37.8 Å². The third-order valence-electron chi connectivity index (χ3n) is 6.32. The highest BCUT2D eigenvalue weighted by Crippen LogP contribution is 2.38. The molecule has 0 bridgehead atoms. The van der Waals surface area contributed by atoms with Gasteiger partial charge in [-0.1, -0.05) is 11.6 Å². The van der Waals surface area contributed by atoms with Crippen LogP contribution in [0.25, 0.3) is 11.2 Å². The molecule has 1 saturated carbocycles. The van der Waals surface area contributed by atoms with Crippen molar-refractivity contribution in [3.8, 4) is 11.9 Å². The van der Waals surface area contributed by atoms with Crippen LogP contribution >= 0.6 is 11.6 Å². The highest BCUT2D eigenvalue weighted by atomic mass is 35.5. The lowest BCUT2D eigenvalue weighted by Crippen LogP contribution is -2.30. The Morgan fingerprint density at radius 1 is 1.25 bits per heavy atom. The zero-order chi connectivity index (χ0) is 25.4. The molecular weight excluding hydrogens is 502 g/mol. The van der Waals surface area contributed by atoms with Crippen LogP contribution in [0.3, 0.4) is 0 Å². The quantitative estimate of drug-likeness (QED) is 0.351. The average molecular weight is 525 g/mol. The molecule has 2 aromatic heterocycles. The molecule has 0 spiro atoms. The number of carbonyl (C=O) groups is 1. The first kappa shape index (κ1) is 24.6. The minimum Gasteiger partial charge on any atom is -0.471 e. The van der Waals surface area contributed by atoms with E-state index in [-0.39, 0.29) is 66.0 Å². The number of aliphatic hydroxyl groups is 2. The number of hydrogen-bond acceptors (Lipinski definition) is 8. The number of benzene rings is 1. The number of H-pyrrole nitrogens is 1. The van der Waals surface area contributed by atoms with Crippen LogP contribution in [0, 0.1) is 17.6 Å². The molecule has 3 aromatic rings. The predicted octanol–water partition coefficient (Wildman–Crippen LogP) is 2.11. The van der Waals surface area contributed by atoms with E-state index in [1.54, 1.807) is 0 Å². The number of carbonyl (C=O) groups excluding carboxylic acids is 1. The zero-order valence-corrected chi connectivity index (χ0v) is 19.6. The van der Waals surface area contributed by atoms with Gasteiger partial charge in [0.1, 0.15) is 29.4 Å². The smallest absolute Gasteiger partial charge is 0.296 e. The van der Waals surface area contributed by atoms with Crippen LogP contribution in [-0.2, 0) is 11.3 Å². The lowest BCUT2D eigenvalue weighted by atomic mass is 10.0. The van der Waals surface area contributed by atoms with Crippen molar-refractivity contribution >= 4 is 28.7 Å². The Bertz CT molecular complexity index is 1270. The summed E-state index contributed by atoms with van der Waals surface area (Å²) in [4.78, 5) is 23.4. The Morgan fingerprint density at radius 3 is 2.78 bits per heavy atom. The van der Waals surface area contributed by atoms with Crippen molar-refractivity contribution < 1.29 is 38.0 Å². The molecule has 5 rings (SSSR count). The van der Waals surface area contributed by atoms with Crippen LogP contribution in [-0.4, -0.2) is 69.1 Å². The van der Waals surface area contributed by atoms with Gasteiger partial charge in [0.2, 0.25) is 5.88 Å². The molecule has 1 aromatic carbocycles. The summed E-state index contributed by atoms with van der Waals surface area (Å²) in [5, 5.41) is 21.2. The van der Waals surface area contributed by atoms with E-state index in [2.05, 4.69) is 20.3 Å². The molecule has 13 heteroatoms. The molecule has 3 heterocycles. The topological polar surface area (TPSA) is 139 Å². The number of hydrogen-bond donors (Lipinski definition) is 4. The number of aliphatic hydroxyl groups excluding tert-OH is 2. The number of nitrogens with one attached hydrogen (secondary N) is 2. The number of aromatic nitrogens is 3.